The van der Waals surface area contributed by atoms with E-state index in [4.69, 9.17) is 16.3 Å². The maximum Gasteiger partial charge on any atom is 0.403 e. The number of carbonyl (C=O) groups is 1. The number of hydrogen-bond donors (Lipinski definition) is 0. The quantitative estimate of drug-likeness (QED) is 0.129. The van der Waals surface area contributed by atoms with Gasteiger partial charge in [0.1, 0.15) is 0 Å². The zero-order valence-electron chi connectivity index (χ0n) is 19.1. The predicted molar refractivity (Wildman–Crippen MR) is 124 cm³/mol. The molecule has 0 spiro atoms. The Morgan fingerprint density at radius 1 is 0.607 bits per heavy atom. The molecule has 0 radical (unpaired) electrons. The molecule has 1 atom stereocenters. The third-order valence-electron chi connectivity index (χ3n) is 5.86. The molecule has 3 heteroatoms. The first-order valence-electron chi connectivity index (χ1n) is 12.5. The minimum atomic E-state index is -0.649. The van der Waals surface area contributed by atoms with Crippen LogP contribution in [0.3, 0.4) is 0 Å². The van der Waals surface area contributed by atoms with E-state index in [1.54, 1.807) is 0 Å². The molecule has 0 bridgehead atoms. The fraction of sp³-hybridized carbons (Fsp3) is 0.960. The van der Waals surface area contributed by atoms with Crippen molar-refractivity contribution in [1.29, 1.82) is 0 Å². The lowest BCUT2D eigenvalue weighted by atomic mass is 9.94. The van der Waals surface area contributed by atoms with Crippen molar-refractivity contribution in [2.24, 2.45) is 5.92 Å². The minimum absolute atomic E-state index is 0.497. The summed E-state index contributed by atoms with van der Waals surface area (Å²) in [7, 11) is 0. The Hall–Kier alpha value is -0.240. The molecule has 0 aliphatic carbocycles. The molecule has 0 amide bonds. The summed E-state index contributed by atoms with van der Waals surface area (Å²) in [5, 5.41) is 0. The monoisotopic (exact) mass is 416 g/mol. The molecular weight excluding hydrogens is 368 g/mol. The van der Waals surface area contributed by atoms with Crippen molar-refractivity contribution >= 4 is 17.0 Å². The van der Waals surface area contributed by atoms with Crippen LogP contribution >= 0.6 is 11.6 Å². The van der Waals surface area contributed by atoms with Crippen LogP contribution < -0.4 is 0 Å². The van der Waals surface area contributed by atoms with E-state index < -0.39 is 5.43 Å². The maximum atomic E-state index is 10.9. The van der Waals surface area contributed by atoms with Gasteiger partial charge in [-0.3, -0.25) is 0 Å². The van der Waals surface area contributed by atoms with Crippen LogP contribution in [0.25, 0.3) is 0 Å². The van der Waals surface area contributed by atoms with Crippen molar-refractivity contribution in [1.82, 2.24) is 0 Å². The largest absolute Gasteiger partial charge is 0.453 e. The summed E-state index contributed by atoms with van der Waals surface area (Å²) in [6.07, 6.45) is 26.8. The molecule has 168 valence electrons. The van der Waals surface area contributed by atoms with Gasteiger partial charge in [-0.1, -0.05) is 129 Å². The Balaban J connectivity index is 3.66. The second-order valence-corrected chi connectivity index (χ2v) is 8.96. The predicted octanol–water partition coefficient (Wildman–Crippen LogP) is 9.82. The van der Waals surface area contributed by atoms with E-state index in [0.717, 1.165) is 0 Å². The Morgan fingerprint density at radius 2 is 0.929 bits per heavy atom. The van der Waals surface area contributed by atoms with Gasteiger partial charge in [-0.05, 0) is 18.8 Å². The van der Waals surface area contributed by atoms with Crippen molar-refractivity contribution in [2.75, 3.05) is 6.61 Å². The first-order valence-corrected chi connectivity index (χ1v) is 12.9. The Bertz CT molecular complexity index is 320. The fourth-order valence-electron chi connectivity index (χ4n) is 3.98. The molecule has 0 N–H and O–H groups in total. The van der Waals surface area contributed by atoms with Gasteiger partial charge in [-0.2, -0.15) is 0 Å². The minimum Gasteiger partial charge on any atom is -0.453 e. The first kappa shape index (κ1) is 27.8. The third kappa shape index (κ3) is 22.1. The van der Waals surface area contributed by atoms with Crippen molar-refractivity contribution in [3.63, 3.8) is 0 Å². The maximum absolute atomic E-state index is 10.9. The molecule has 0 saturated heterocycles. The molecular formula is C25H49ClO2. The average Bonchev–Trinajstić information content (AvgIpc) is 2.68. The molecule has 0 fully saturated rings. The molecule has 0 aliphatic rings. The van der Waals surface area contributed by atoms with E-state index in [2.05, 4.69) is 13.8 Å². The van der Waals surface area contributed by atoms with E-state index in [1.165, 1.54) is 128 Å². The van der Waals surface area contributed by atoms with Crippen LogP contribution in [0.4, 0.5) is 4.79 Å². The molecule has 0 aromatic carbocycles. The van der Waals surface area contributed by atoms with Gasteiger partial charge in [0, 0.05) is 11.6 Å². The Labute approximate surface area is 181 Å². The Kier molecular flexibility index (Phi) is 22.8. The zero-order valence-corrected chi connectivity index (χ0v) is 19.9. The van der Waals surface area contributed by atoms with Gasteiger partial charge in [0.15, 0.2) is 0 Å². The van der Waals surface area contributed by atoms with Crippen LogP contribution in [0, 0.1) is 5.92 Å². The smallest absolute Gasteiger partial charge is 0.403 e. The number of carbonyl (C=O) groups excluding carboxylic acids is 1. The lowest BCUT2D eigenvalue weighted by Crippen LogP contribution is -2.11. The molecule has 2 nitrogen and oxygen atoms in total. The summed E-state index contributed by atoms with van der Waals surface area (Å²) in [5.41, 5.74) is -0.649. The summed E-state index contributed by atoms with van der Waals surface area (Å²) < 4.78 is 5.10. The van der Waals surface area contributed by atoms with Crippen LogP contribution in [0.15, 0.2) is 0 Å². The normalized spacial score (nSPS) is 12.2. The lowest BCUT2D eigenvalue weighted by molar-refractivity contribution is 0.144. The molecule has 0 aromatic heterocycles. The van der Waals surface area contributed by atoms with Crippen molar-refractivity contribution < 1.29 is 9.53 Å². The van der Waals surface area contributed by atoms with Gasteiger partial charge in [-0.25, -0.2) is 4.79 Å². The summed E-state index contributed by atoms with van der Waals surface area (Å²) in [4.78, 5) is 10.9. The van der Waals surface area contributed by atoms with E-state index >= 15 is 0 Å². The highest BCUT2D eigenvalue weighted by molar-refractivity contribution is 6.61. The van der Waals surface area contributed by atoms with Crippen molar-refractivity contribution in [2.45, 2.75) is 142 Å². The van der Waals surface area contributed by atoms with Gasteiger partial charge >= 0.3 is 5.43 Å². The van der Waals surface area contributed by atoms with Gasteiger partial charge in [0.2, 0.25) is 0 Å². The second kappa shape index (κ2) is 23.0. The topological polar surface area (TPSA) is 26.3 Å². The highest BCUT2D eigenvalue weighted by Gasteiger charge is 2.11. The molecule has 0 heterocycles. The fourth-order valence-corrected chi connectivity index (χ4v) is 4.04. The Morgan fingerprint density at radius 3 is 1.25 bits per heavy atom. The van der Waals surface area contributed by atoms with Crippen LogP contribution in [-0.2, 0) is 4.74 Å². The summed E-state index contributed by atoms with van der Waals surface area (Å²) in [6, 6.07) is 0. The number of rotatable bonds is 22. The number of halogens is 1. The van der Waals surface area contributed by atoms with Crippen LogP contribution in [0.1, 0.15) is 142 Å². The van der Waals surface area contributed by atoms with Crippen molar-refractivity contribution in [3.8, 4) is 0 Å². The van der Waals surface area contributed by atoms with E-state index in [1.807, 2.05) is 0 Å². The van der Waals surface area contributed by atoms with Gasteiger partial charge in [0.05, 0.1) is 6.61 Å². The zero-order chi connectivity index (χ0) is 20.7. The van der Waals surface area contributed by atoms with Gasteiger partial charge in [0.25, 0.3) is 0 Å². The van der Waals surface area contributed by atoms with Crippen LogP contribution in [0.2, 0.25) is 0 Å². The number of hydrogen-bond acceptors (Lipinski definition) is 2. The van der Waals surface area contributed by atoms with Crippen molar-refractivity contribution in [3.05, 3.63) is 0 Å². The van der Waals surface area contributed by atoms with Crippen LogP contribution in [-0.4, -0.2) is 12.0 Å². The van der Waals surface area contributed by atoms with E-state index in [9.17, 15) is 4.79 Å². The average molecular weight is 417 g/mol. The second-order valence-electron chi connectivity index (χ2n) is 8.65. The highest BCUT2D eigenvalue weighted by Crippen LogP contribution is 2.20. The van der Waals surface area contributed by atoms with Crippen LogP contribution in [0.5, 0.6) is 0 Å². The molecule has 0 aliphatic heterocycles. The van der Waals surface area contributed by atoms with Gasteiger partial charge < -0.3 is 4.74 Å². The number of unbranched alkanes of at least 4 members (excludes halogenated alkanes) is 16. The molecule has 0 saturated carbocycles. The first-order chi connectivity index (χ1) is 13.7. The standard InChI is InChI=1S/C25H49ClO2/c1-3-5-7-9-11-13-14-16-18-20-22-24(23-28-25(26)27)21-19-17-15-12-10-8-6-4-2/h24H,3-23H2,1-2H3. The lowest BCUT2D eigenvalue weighted by Gasteiger charge is -2.16. The third-order valence-corrected chi connectivity index (χ3v) is 5.97. The highest BCUT2D eigenvalue weighted by atomic mass is 35.5. The molecule has 0 rings (SSSR count). The summed E-state index contributed by atoms with van der Waals surface area (Å²) in [6.45, 7) is 5.05. The summed E-state index contributed by atoms with van der Waals surface area (Å²) in [5.74, 6) is 0.497. The molecule has 28 heavy (non-hydrogen) atoms. The van der Waals surface area contributed by atoms with E-state index in [-0.39, 0.29) is 0 Å². The number of ether oxygens (including phenoxy) is 1. The summed E-state index contributed by atoms with van der Waals surface area (Å²) >= 11 is 5.37. The van der Waals surface area contributed by atoms with E-state index in [0.29, 0.717) is 12.5 Å². The molecule has 1 unspecified atom stereocenters. The van der Waals surface area contributed by atoms with Gasteiger partial charge in [-0.15, -0.1) is 0 Å². The molecule has 0 aromatic rings. The SMILES string of the molecule is CCCCCCCCCCCCC(CCCCCCCCCC)COC(=O)Cl.